The highest BCUT2D eigenvalue weighted by molar-refractivity contribution is 7.86. The monoisotopic (exact) mass is 250 g/mol. The van der Waals surface area contributed by atoms with Gasteiger partial charge >= 0.3 is 0 Å². The number of amidine groups is 1. The van der Waals surface area contributed by atoms with E-state index in [9.17, 15) is 8.42 Å². The van der Waals surface area contributed by atoms with Crippen molar-refractivity contribution in [3.8, 4) is 0 Å². The fourth-order valence-corrected chi connectivity index (χ4v) is 2.95. The molecule has 0 rings (SSSR count). The molecule has 0 aromatic carbocycles. The van der Waals surface area contributed by atoms with Crippen LogP contribution in [0, 0.1) is 5.41 Å². The Balaban J connectivity index is 4.81. The van der Waals surface area contributed by atoms with Gasteiger partial charge in [-0.1, -0.05) is 13.8 Å². The van der Waals surface area contributed by atoms with E-state index in [2.05, 4.69) is 0 Å². The van der Waals surface area contributed by atoms with E-state index in [4.69, 9.17) is 11.1 Å². The summed E-state index contributed by atoms with van der Waals surface area (Å²) < 4.78 is 26.8. The van der Waals surface area contributed by atoms with E-state index in [0.717, 1.165) is 0 Å². The lowest BCUT2D eigenvalue weighted by atomic mass is 10.2. The van der Waals surface area contributed by atoms with Crippen molar-refractivity contribution in [2.45, 2.75) is 33.2 Å². The maximum absolute atomic E-state index is 12.1. The van der Waals surface area contributed by atoms with Crippen molar-refractivity contribution in [1.82, 2.24) is 8.61 Å². The van der Waals surface area contributed by atoms with Gasteiger partial charge in [0.25, 0.3) is 10.2 Å². The van der Waals surface area contributed by atoms with Crippen LogP contribution in [0.4, 0.5) is 0 Å². The molecule has 1 unspecified atom stereocenters. The molecule has 1 atom stereocenters. The van der Waals surface area contributed by atoms with Crippen LogP contribution in [0.15, 0.2) is 0 Å². The summed E-state index contributed by atoms with van der Waals surface area (Å²) in [5, 5.41) is 7.16. The molecule has 0 bridgehead atoms. The second-order valence-corrected chi connectivity index (χ2v) is 5.67. The van der Waals surface area contributed by atoms with E-state index in [-0.39, 0.29) is 18.3 Å². The van der Waals surface area contributed by atoms with Crippen molar-refractivity contribution < 1.29 is 8.42 Å². The van der Waals surface area contributed by atoms with Crippen LogP contribution in [0.1, 0.15) is 27.2 Å². The first-order valence-corrected chi connectivity index (χ1v) is 6.73. The van der Waals surface area contributed by atoms with Crippen molar-refractivity contribution in [2.24, 2.45) is 5.73 Å². The van der Waals surface area contributed by atoms with E-state index >= 15 is 0 Å². The fraction of sp³-hybridized carbons (Fsp3) is 0.889. The van der Waals surface area contributed by atoms with Gasteiger partial charge in [0, 0.05) is 32.6 Å². The number of hydrogen-bond acceptors (Lipinski definition) is 3. The Morgan fingerprint density at radius 3 is 2.12 bits per heavy atom. The van der Waals surface area contributed by atoms with Crippen molar-refractivity contribution in [1.29, 1.82) is 5.41 Å². The molecule has 7 heteroatoms. The first-order chi connectivity index (χ1) is 7.27. The average Bonchev–Trinajstić information content (AvgIpc) is 2.16. The second kappa shape index (κ2) is 6.17. The minimum Gasteiger partial charge on any atom is -0.388 e. The molecule has 3 N–H and O–H groups in total. The van der Waals surface area contributed by atoms with Gasteiger partial charge in [-0.2, -0.15) is 17.0 Å². The van der Waals surface area contributed by atoms with E-state index in [1.165, 1.54) is 15.7 Å². The molecule has 0 saturated heterocycles. The highest BCUT2D eigenvalue weighted by Gasteiger charge is 2.28. The zero-order valence-corrected chi connectivity index (χ0v) is 11.2. The van der Waals surface area contributed by atoms with Gasteiger partial charge in [-0.25, -0.2) is 0 Å². The van der Waals surface area contributed by atoms with E-state index in [0.29, 0.717) is 13.1 Å². The van der Waals surface area contributed by atoms with Crippen molar-refractivity contribution in [3.63, 3.8) is 0 Å². The van der Waals surface area contributed by atoms with Gasteiger partial charge in [-0.3, -0.25) is 5.41 Å². The van der Waals surface area contributed by atoms with Crippen LogP contribution < -0.4 is 5.73 Å². The second-order valence-electron chi connectivity index (χ2n) is 3.69. The van der Waals surface area contributed by atoms with Crippen LogP contribution in [0.2, 0.25) is 0 Å². The summed E-state index contributed by atoms with van der Waals surface area (Å²) in [6, 6.07) is -0.303. The molecule has 0 spiro atoms. The maximum Gasteiger partial charge on any atom is 0.281 e. The Labute approximate surface area is 98.1 Å². The first-order valence-electron chi connectivity index (χ1n) is 5.33. The topological polar surface area (TPSA) is 90.5 Å². The van der Waals surface area contributed by atoms with Gasteiger partial charge in [0.2, 0.25) is 0 Å². The Bertz CT molecular complexity index is 324. The summed E-state index contributed by atoms with van der Waals surface area (Å²) in [5.74, 6) is -0.00547. The normalized spacial score (nSPS) is 14.4. The largest absolute Gasteiger partial charge is 0.388 e. The highest BCUT2D eigenvalue weighted by atomic mass is 32.2. The lowest BCUT2D eigenvalue weighted by molar-refractivity contribution is 0.339. The maximum atomic E-state index is 12.1. The lowest BCUT2D eigenvalue weighted by Gasteiger charge is -2.29. The molecule has 0 aliphatic rings. The van der Waals surface area contributed by atoms with Gasteiger partial charge in [0.1, 0.15) is 0 Å². The van der Waals surface area contributed by atoms with E-state index in [1.54, 1.807) is 20.8 Å². The minimum absolute atomic E-state index is 0.00547. The minimum atomic E-state index is -3.43. The Kier molecular flexibility index (Phi) is 5.91. The third kappa shape index (κ3) is 3.73. The van der Waals surface area contributed by atoms with Crippen LogP contribution in [0.5, 0.6) is 0 Å². The molecule has 0 amide bonds. The molecule has 0 aromatic heterocycles. The number of rotatable bonds is 7. The smallest absolute Gasteiger partial charge is 0.281 e. The number of nitrogens with two attached hydrogens (primary N) is 1. The molecule has 0 aliphatic carbocycles. The summed E-state index contributed by atoms with van der Waals surface area (Å²) in [7, 11) is -1.92. The standard InChI is InChI=1S/C9H22N4O2S/c1-5-13(6-2)16(14,15)12(4)8(3)7-9(10)11/h8H,5-7H2,1-4H3,(H3,10,11). The molecule has 0 radical (unpaired) electrons. The summed E-state index contributed by atoms with van der Waals surface area (Å²) in [6.07, 6.45) is 0.247. The van der Waals surface area contributed by atoms with E-state index in [1.807, 2.05) is 0 Å². The third-order valence-corrected chi connectivity index (χ3v) is 4.79. The summed E-state index contributed by atoms with van der Waals surface area (Å²) in [4.78, 5) is 0. The van der Waals surface area contributed by atoms with Gasteiger partial charge in [0.05, 0.1) is 5.84 Å². The fourth-order valence-electron chi connectivity index (χ4n) is 1.41. The molecule has 6 nitrogen and oxygen atoms in total. The zero-order valence-electron chi connectivity index (χ0n) is 10.4. The zero-order chi connectivity index (χ0) is 12.9. The van der Waals surface area contributed by atoms with Gasteiger partial charge < -0.3 is 5.73 Å². The molecule has 0 saturated carbocycles. The summed E-state index contributed by atoms with van der Waals surface area (Å²) in [5.41, 5.74) is 5.26. The van der Waals surface area contributed by atoms with E-state index < -0.39 is 10.2 Å². The average molecular weight is 250 g/mol. The number of hydrogen-bond donors (Lipinski definition) is 2. The Hall–Kier alpha value is -0.660. The SMILES string of the molecule is CCN(CC)S(=O)(=O)N(C)C(C)CC(=N)N. The predicted molar refractivity (Wildman–Crippen MR) is 65.6 cm³/mol. The molecule has 0 heterocycles. The van der Waals surface area contributed by atoms with Crippen molar-refractivity contribution in [2.75, 3.05) is 20.1 Å². The van der Waals surface area contributed by atoms with Gasteiger partial charge in [0.15, 0.2) is 0 Å². The predicted octanol–water partition coefficient (Wildman–Crippen LogP) is 0.219. The first kappa shape index (κ1) is 15.3. The molecule has 16 heavy (non-hydrogen) atoms. The van der Waals surface area contributed by atoms with Crippen LogP contribution in [0.3, 0.4) is 0 Å². The van der Waals surface area contributed by atoms with Crippen LogP contribution >= 0.6 is 0 Å². The highest BCUT2D eigenvalue weighted by Crippen LogP contribution is 2.11. The molecule has 0 aromatic rings. The Morgan fingerprint density at radius 1 is 1.38 bits per heavy atom. The lowest BCUT2D eigenvalue weighted by Crippen LogP contribution is -2.46. The molecular weight excluding hydrogens is 228 g/mol. The quantitative estimate of drug-likeness (QED) is 0.500. The van der Waals surface area contributed by atoms with Crippen molar-refractivity contribution in [3.05, 3.63) is 0 Å². The molecule has 0 fully saturated rings. The Morgan fingerprint density at radius 2 is 1.81 bits per heavy atom. The summed E-state index contributed by atoms with van der Waals surface area (Å²) >= 11 is 0. The van der Waals surface area contributed by atoms with Gasteiger partial charge in [-0.15, -0.1) is 0 Å². The third-order valence-electron chi connectivity index (χ3n) is 2.53. The van der Waals surface area contributed by atoms with Crippen LogP contribution in [0.25, 0.3) is 0 Å². The molecule has 0 aliphatic heterocycles. The molecular formula is C9H22N4O2S. The van der Waals surface area contributed by atoms with Crippen LogP contribution in [-0.4, -0.2) is 49.0 Å². The number of nitrogens with zero attached hydrogens (tertiary/aromatic N) is 2. The summed E-state index contributed by atoms with van der Waals surface area (Å²) in [6.45, 7) is 6.21. The van der Waals surface area contributed by atoms with Gasteiger partial charge in [-0.05, 0) is 6.92 Å². The van der Waals surface area contributed by atoms with Crippen molar-refractivity contribution >= 4 is 16.0 Å². The van der Waals surface area contributed by atoms with Crippen LogP contribution in [-0.2, 0) is 10.2 Å². The number of nitrogens with one attached hydrogen (secondary N) is 1. The molecule has 96 valence electrons.